The number of carbonyl (C=O) groups excluding carboxylic acids is 2. The fraction of sp³-hybridized carbons (Fsp3) is 0.385. The molecule has 5 nitrogen and oxygen atoms in total. The van der Waals surface area contributed by atoms with E-state index in [1.54, 1.807) is 30.0 Å². The maximum Gasteiger partial charge on any atom is 0.248 e. The van der Waals surface area contributed by atoms with Gasteiger partial charge in [0.25, 0.3) is 0 Å². The van der Waals surface area contributed by atoms with Crippen LogP contribution in [-0.4, -0.2) is 36.0 Å². The van der Waals surface area contributed by atoms with Gasteiger partial charge in [-0.1, -0.05) is 12.1 Å². The van der Waals surface area contributed by atoms with E-state index in [-0.39, 0.29) is 24.4 Å². The number of amides is 2. The van der Waals surface area contributed by atoms with Crippen LogP contribution in [-0.2, 0) is 11.2 Å². The molecule has 20 heavy (non-hydrogen) atoms. The lowest BCUT2D eigenvalue weighted by Crippen LogP contribution is -2.42. The molecule has 0 saturated carbocycles. The van der Waals surface area contributed by atoms with E-state index in [1.165, 1.54) is 0 Å². The lowest BCUT2D eigenvalue weighted by atomic mass is 10.1. The van der Waals surface area contributed by atoms with E-state index >= 15 is 0 Å². The first kappa shape index (κ1) is 16.8. The van der Waals surface area contributed by atoms with E-state index in [4.69, 9.17) is 5.73 Å². The van der Waals surface area contributed by atoms with Crippen molar-refractivity contribution < 1.29 is 9.59 Å². The maximum atomic E-state index is 11.7. The molecule has 0 aliphatic carbocycles. The van der Waals surface area contributed by atoms with Gasteiger partial charge in [0.05, 0.1) is 6.04 Å². The molecule has 0 radical (unpaired) electrons. The zero-order valence-electron chi connectivity index (χ0n) is 10.9. The molecule has 110 valence electrons. The minimum atomic E-state index is -0.432. The minimum absolute atomic E-state index is 0. The van der Waals surface area contributed by atoms with E-state index in [9.17, 15) is 9.59 Å². The smallest absolute Gasteiger partial charge is 0.248 e. The number of thioether (sulfide) groups is 1. The number of benzene rings is 1. The lowest BCUT2D eigenvalue weighted by Gasteiger charge is -2.10. The molecule has 1 aromatic rings. The molecule has 1 heterocycles. The molecule has 1 fully saturated rings. The summed E-state index contributed by atoms with van der Waals surface area (Å²) in [5, 5.41) is 6.01. The van der Waals surface area contributed by atoms with Crippen molar-refractivity contribution in [2.75, 3.05) is 18.2 Å². The van der Waals surface area contributed by atoms with Crippen molar-refractivity contribution in [2.24, 2.45) is 5.73 Å². The molecule has 2 amide bonds. The number of halogens is 1. The minimum Gasteiger partial charge on any atom is -0.366 e. The molecule has 1 aliphatic heterocycles. The second kappa shape index (κ2) is 8.14. The lowest BCUT2D eigenvalue weighted by molar-refractivity contribution is -0.122. The third kappa shape index (κ3) is 4.70. The van der Waals surface area contributed by atoms with Crippen LogP contribution in [0, 0.1) is 0 Å². The Morgan fingerprint density at radius 2 is 2.25 bits per heavy atom. The molecular weight excluding hydrogens is 298 g/mol. The molecule has 1 aromatic carbocycles. The molecule has 1 atom stereocenters. The van der Waals surface area contributed by atoms with Gasteiger partial charge in [0.1, 0.15) is 0 Å². The second-order valence-corrected chi connectivity index (χ2v) is 5.41. The number of rotatable bonds is 5. The van der Waals surface area contributed by atoms with Crippen molar-refractivity contribution in [3.05, 3.63) is 35.4 Å². The summed E-state index contributed by atoms with van der Waals surface area (Å²) < 4.78 is 0. The first-order chi connectivity index (χ1) is 9.16. The monoisotopic (exact) mass is 315 g/mol. The second-order valence-electron chi connectivity index (χ2n) is 4.38. The predicted octanol–water partition coefficient (Wildman–Crippen LogP) is 0.528. The average molecular weight is 316 g/mol. The molecule has 0 aromatic heterocycles. The van der Waals surface area contributed by atoms with Crippen LogP contribution >= 0.6 is 24.2 Å². The Bertz CT molecular complexity index is 478. The Morgan fingerprint density at radius 1 is 1.45 bits per heavy atom. The van der Waals surface area contributed by atoms with Gasteiger partial charge in [-0.25, -0.2) is 0 Å². The van der Waals surface area contributed by atoms with Gasteiger partial charge in [-0.2, -0.15) is 0 Å². The van der Waals surface area contributed by atoms with E-state index < -0.39 is 5.91 Å². The van der Waals surface area contributed by atoms with Gasteiger partial charge in [-0.3, -0.25) is 14.9 Å². The van der Waals surface area contributed by atoms with Crippen molar-refractivity contribution in [3.8, 4) is 0 Å². The summed E-state index contributed by atoms with van der Waals surface area (Å²) >= 11 is 1.72. The summed E-state index contributed by atoms with van der Waals surface area (Å²) in [4.78, 5) is 22.8. The summed E-state index contributed by atoms with van der Waals surface area (Å²) in [5.74, 6) is 1.26. The Kier molecular flexibility index (Phi) is 6.84. The van der Waals surface area contributed by atoms with Gasteiger partial charge in [0, 0.05) is 23.7 Å². The largest absolute Gasteiger partial charge is 0.366 e. The van der Waals surface area contributed by atoms with E-state index in [0.717, 1.165) is 17.2 Å². The molecule has 1 saturated heterocycles. The molecule has 2 rings (SSSR count). The zero-order chi connectivity index (χ0) is 13.7. The van der Waals surface area contributed by atoms with Gasteiger partial charge < -0.3 is 11.1 Å². The molecule has 1 aliphatic rings. The highest BCUT2D eigenvalue weighted by Gasteiger charge is 2.21. The maximum absolute atomic E-state index is 11.7. The van der Waals surface area contributed by atoms with Crippen molar-refractivity contribution in [1.82, 2.24) is 10.6 Å². The van der Waals surface area contributed by atoms with Crippen LogP contribution < -0.4 is 16.4 Å². The fourth-order valence-corrected chi connectivity index (χ4v) is 2.84. The normalized spacial score (nSPS) is 17.3. The van der Waals surface area contributed by atoms with E-state index in [2.05, 4.69) is 10.6 Å². The molecule has 0 bridgehead atoms. The Labute approximate surface area is 128 Å². The van der Waals surface area contributed by atoms with Crippen LogP contribution in [0.3, 0.4) is 0 Å². The van der Waals surface area contributed by atoms with Crippen LogP contribution in [0.5, 0.6) is 0 Å². The number of nitrogens with two attached hydrogens (primary N) is 1. The number of primary amides is 1. The first-order valence-electron chi connectivity index (χ1n) is 6.14. The number of nitrogens with one attached hydrogen (secondary N) is 2. The van der Waals surface area contributed by atoms with Gasteiger partial charge in [-0.15, -0.1) is 24.2 Å². The first-order valence-corrected chi connectivity index (χ1v) is 7.30. The zero-order valence-corrected chi connectivity index (χ0v) is 12.6. The van der Waals surface area contributed by atoms with E-state index in [0.29, 0.717) is 18.5 Å². The Balaban J connectivity index is 0.00000200. The van der Waals surface area contributed by atoms with Gasteiger partial charge in [0.2, 0.25) is 11.8 Å². The molecule has 0 spiro atoms. The van der Waals surface area contributed by atoms with Crippen LogP contribution in [0.2, 0.25) is 0 Å². The predicted molar refractivity (Wildman–Crippen MR) is 83.2 cm³/mol. The summed E-state index contributed by atoms with van der Waals surface area (Å²) in [6, 6.07) is 7.08. The Hall–Kier alpha value is -1.24. The average Bonchev–Trinajstić information content (AvgIpc) is 2.93. The van der Waals surface area contributed by atoms with Crippen molar-refractivity contribution in [3.63, 3.8) is 0 Å². The van der Waals surface area contributed by atoms with Gasteiger partial charge in [-0.05, 0) is 24.1 Å². The third-order valence-corrected chi connectivity index (χ3v) is 3.90. The summed E-state index contributed by atoms with van der Waals surface area (Å²) in [5.41, 5.74) is 6.71. The molecule has 1 unspecified atom stereocenters. The van der Waals surface area contributed by atoms with Crippen LogP contribution in [0.4, 0.5) is 0 Å². The standard InChI is InChI=1S/C13H17N3O2S.ClH/c14-12(17)10-3-1-2-9(6-10)4-5-15-13(18)11-7-19-8-16-11;/h1-3,6,11,16H,4-5,7-8H2,(H2,14,17)(H,15,18);1H. The summed E-state index contributed by atoms with van der Waals surface area (Å²) in [6.07, 6.45) is 0.687. The number of carbonyl (C=O) groups is 2. The third-order valence-electron chi connectivity index (χ3n) is 2.96. The van der Waals surface area contributed by atoms with E-state index in [1.807, 2.05) is 6.07 Å². The van der Waals surface area contributed by atoms with Gasteiger partial charge >= 0.3 is 0 Å². The van der Waals surface area contributed by atoms with Crippen molar-refractivity contribution in [1.29, 1.82) is 0 Å². The summed E-state index contributed by atoms with van der Waals surface area (Å²) in [7, 11) is 0. The highest BCUT2D eigenvalue weighted by Crippen LogP contribution is 2.09. The Morgan fingerprint density at radius 3 is 2.90 bits per heavy atom. The SMILES string of the molecule is Cl.NC(=O)c1cccc(CCNC(=O)C2CSCN2)c1. The highest BCUT2D eigenvalue weighted by atomic mass is 35.5. The van der Waals surface area contributed by atoms with Crippen LogP contribution in [0.15, 0.2) is 24.3 Å². The molecular formula is C13H18ClN3O2S. The molecule has 4 N–H and O–H groups in total. The topological polar surface area (TPSA) is 84.2 Å². The summed E-state index contributed by atoms with van der Waals surface area (Å²) in [6.45, 7) is 0.559. The quantitative estimate of drug-likeness (QED) is 0.740. The van der Waals surface area contributed by atoms with Gasteiger partial charge in [0.15, 0.2) is 0 Å². The van der Waals surface area contributed by atoms with Crippen LogP contribution in [0.1, 0.15) is 15.9 Å². The number of hydrogen-bond donors (Lipinski definition) is 3. The number of hydrogen-bond acceptors (Lipinski definition) is 4. The van der Waals surface area contributed by atoms with Crippen molar-refractivity contribution >= 4 is 36.0 Å². The molecule has 7 heteroatoms. The van der Waals surface area contributed by atoms with Crippen molar-refractivity contribution in [2.45, 2.75) is 12.5 Å². The highest BCUT2D eigenvalue weighted by molar-refractivity contribution is 7.99. The van der Waals surface area contributed by atoms with Crippen LogP contribution in [0.25, 0.3) is 0 Å². The fourth-order valence-electron chi connectivity index (χ4n) is 1.90.